The fourth-order valence-corrected chi connectivity index (χ4v) is 6.20. The summed E-state index contributed by atoms with van der Waals surface area (Å²) in [5.74, 6) is 1.58. The lowest BCUT2D eigenvalue weighted by Gasteiger charge is -2.31. The first-order valence-corrected chi connectivity index (χ1v) is 10.3. The molecule has 1 aromatic rings. The van der Waals surface area contributed by atoms with Crippen LogP contribution in [0.1, 0.15) is 31.7 Å². The standard InChI is InChI=1S/C18H20ClNO2S2/c1-3-22-17(21)15(11-20)12(2)16(18-23-8-5-9-24-18)13-6-4-7-14(19)10-13/h4,6-7,10,16,18H,3,5,8-9H2,1-2H3/b15-12+. The van der Waals surface area contributed by atoms with Crippen LogP contribution in [0.5, 0.6) is 0 Å². The van der Waals surface area contributed by atoms with Gasteiger partial charge in [-0.15, -0.1) is 23.5 Å². The van der Waals surface area contributed by atoms with Crippen molar-refractivity contribution in [2.24, 2.45) is 0 Å². The molecule has 128 valence electrons. The van der Waals surface area contributed by atoms with E-state index in [-0.39, 0.29) is 22.7 Å². The first-order valence-electron chi connectivity index (χ1n) is 7.85. The maximum absolute atomic E-state index is 12.2. The molecule has 1 fully saturated rings. The van der Waals surface area contributed by atoms with Gasteiger partial charge < -0.3 is 4.74 Å². The number of benzene rings is 1. The molecular weight excluding hydrogens is 362 g/mol. The van der Waals surface area contributed by atoms with E-state index in [1.165, 1.54) is 6.42 Å². The molecule has 2 rings (SSSR count). The monoisotopic (exact) mass is 381 g/mol. The number of halogens is 1. The van der Waals surface area contributed by atoms with E-state index < -0.39 is 5.97 Å². The van der Waals surface area contributed by atoms with Crippen molar-refractivity contribution in [2.45, 2.75) is 30.8 Å². The van der Waals surface area contributed by atoms with Gasteiger partial charge in [0.1, 0.15) is 11.6 Å². The zero-order chi connectivity index (χ0) is 17.5. The summed E-state index contributed by atoms with van der Waals surface area (Å²) in [5, 5.41) is 10.2. The highest BCUT2D eigenvalue weighted by Crippen LogP contribution is 2.45. The van der Waals surface area contributed by atoms with Crippen LogP contribution in [0.4, 0.5) is 0 Å². The summed E-state index contributed by atoms with van der Waals surface area (Å²) >= 11 is 9.93. The van der Waals surface area contributed by atoms with E-state index in [9.17, 15) is 10.1 Å². The predicted octanol–water partition coefficient (Wildman–Crippen LogP) is 5.02. The van der Waals surface area contributed by atoms with E-state index in [0.29, 0.717) is 5.02 Å². The third kappa shape index (κ3) is 4.72. The Kier molecular flexibility index (Phi) is 7.54. The van der Waals surface area contributed by atoms with Crippen molar-refractivity contribution in [2.75, 3.05) is 18.1 Å². The fourth-order valence-electron chi connectivity index (χ4n) is 2.66. The number of nitrogens with zero attached hydrogens (tertiary/aromatic N) is 1. The van der Waals surface area contributed by atoms with E-state index >= 15 is 0 Å². The predicted molar refractivity (Wildman–Crippen MR) is 102 cm³/mol. The van der Waals surface area contributed by atoms with Crippen molar-refractivity contribution in [3.05, 3.63) is 46.0 Å². The Morgan fingerprint density at radius 1 is 1.46 bits per heavy atom. The lowest BCUT2D eigenvalue weighted by Crippen LogP contribution is -2.21. The van der Waals surface area contributed by atoms with E-state index in [4.69, 9.17) is 16.3 Å². The Labute approximate surface area is 156 Å². The van der Waals surface area contributed by atoms with Gasteiger partial charge in [0.05, 0.1) is 11.2 Å². The molecule has 24 heavy (non-hydrogen) atoms. The van der Waals surface area contributed by atoms with E-state index in [1.54, 1.807) is 6.92 Å². The molecule has 0 spiro atoms. The molecule has 1 aliphatic rings. The Morgan fingerprint density at radius 3 is 2.75 bits per heavy atom. The molecule has 0 aliphatic carbocycles. The van der Waals surface area contributed by atoms with E-state index in [0.717, 1.165) is 22.6 Å². The summed E-state index contributed by atoms with van der Waals surface area (Å²) < 4.78 is 5.31. The lowest BCUT2D eigenvalue weighted by atomic mass is 9.90. The SMILES string of the molecule is CCOC(=O)/C(C#N)=C(\C)C(c1cccc(Cl)c1)C1SCCCS1. The molecule has 1 saturated heterocycles. The first-order chi connectivity index (χ1) is 11.6. The van der Waals surface area contributed by atoms with Gasteiger partial charge in [0.2, 0.25) is 0 Å². The highest BCUT2D eigenvalue weighted by molar-refractivity contribution is 8.17. The van der Waals surface area contributed by atoms with Gasteiger partial charge in [-0.25, -0.2) is 4.79 Å². The summed E-state index contributed by atoms with van der Waals surface area (Å²) in [6.45, 7) is 3.85. The van der Waals surface area contributed by atoms with Gasteiger partial charge in [0.25, 0.3) is 0 Å². The number of allylic oxidation sites excluding steroid dienone is 1. The lowest BCUT2D eigenvalue weighted by molar-refractivity contribution is -0.138. The van der Waals surface area contributed by atoms with Gasteiger partial charge in [0, 0.05) is 10.9 Å². The van der Waals surface area contributed by atoms with Crippen LogP contribution < -0.4 is 0 Å². The normalized spacial score (nSPS) is 17.6. The minimum atomic E-state index is -0.546. The summed E-state index contributed by atoms with van der Waals surface area (Å²) in [7, 11) is 0. The Hall–Kier alpha value is -1.09. The molecule has 0 bridgehead atoms. The molecule has 1 atom stereocenters. The quantitative estimate of drug-likeness (QED) is 0.407. The van der Waals surface area contributed by atoms with E-state index in [1.807, 2.05) is 60.8 Å². The van der Waals surface area contributed by atoms with Crippen LogP contribution in [0.15, 0.2) is 35.4 Å². The molecule has 1 unspecified atom stereocenters. The maximum atomic E-state index is 12.2. The number of hydrogen-bond donors (Lipinski definition) is 0. The molecule has 6 heteroatoms. The van der Waals surface area contributed by atoms with Gasteiger partial charge >= 0.3 is 5.97 Å². The third-order valence-electron chi connectivity index (χ3n) is 3.79. The van der Waals surface area contributed by atoms with Crippen LogP contribution in [-0.2, 0) is 9.53 Å². The minimum Gasteiger partial charge on any atom is -0.462 e. The molecule has 1 aromatic carbocycles. The topological polar surface area (TPSA) is 50.1 Å². The second-order valence-electron chi connectivity index (χ2n) is 5.39. The van der Waals surface area contributed by atoms with Crippen molar-refractivity contribution in [3.63, 3.8) is 0 Å². The van der Waals surface area contributed by atoms with Crippen LogP contribution in [0.3, 0.4) is 0 Å². The molecule has 3 nitrogen and oxygen atoms in total. The zero-order valence-electron chi connectivity index (χ0n) is 13.8. The summed E-state index contributed by atoms with van der Waals surface area (Å²) in [6.07, 6.45) is 1.18. The number of hydrogen-bond acceptors (Lipinski definition) is 5. The largest absolute Gasteiger partial charge is 0.462 e. The van der Waals surface area contributed by atoms with Crippen molar-refractivity contribution >= 4 is 41.1 Å². The molecule has 1 heterocycles. The number of carbonyl (C=O) groups excluding carboxylic acids is 1. The number of ether oxygens (including phenoxy) is 1. The van der Waals surface area contributed by atoms with Crippen LogP contribution in [0.25, 0.3) is 0 Å². The molecular formula is C18H20ClNO2S2. The summed E-state index contributed by atoms with van der Waals surface area (Å²) in [5.41, 5.74) is 1.89. The zero-order valence-corrected chi connectivity index (χ0v) is 16.1. The Bertz CT molecular complexity index is 663. The van der Waals surface area contributed by atoms with E-state index in [2.05, 4.69) is 0 Å². The number of esters is 1. The van der Waals surface area contributed by atoms with Crippen molar-refractivity contribution in [1.82, 2.24) is 0 Å². The van der Waals surface area contributed by atoms with Gasteiger partial charge in [-0.05, 0) is 55.0 Å². The minimum absolute atomic E-state index is 0.0435. The number of thioether (sulfide) groups is 2. The average Bonchev–Trinajstić information content (AvgIpc) is 2.57. The van der Waals surface area contributed by atoms with Crippen LogP contribution in [0, 0.1) is 11.3 Å². The number of rotatable bonds is 5. The summed E-state index contributed by atoms with van der Waals surface area (Å²) in [6, 6.07) is 9.72. The molecule has 0 radical (unpaired) electrons. The van der Waals surface area contributed by atoms with Crippen LogP contribution >= 0.6 is 35.1 Å². The molecule has 1 aliphatic heterocycles. The van der Waals surface area contributed by atoms with Crippen molar-refractivity contribution in [3.8, 4) is 6.07 Å². The van der Waals surface area contributed by atoms with Gasteiger partial charge in [-0.3, -0.25) is 0 Å². The van der Waals surface area contributed by atoms with Crippen LogP contribution in [0.2, 0.25) is 5.02 Å². The summed E-state index contributed by atoms with van der Waals surface area (Å²) in [4.78, 5) is 12.2. The third-order valence-corrected chi connectivity index (χ3v) is 7.09. The van der Waals surface area contributed by atoms with Crippen molar-refractivity contribution < 1.29 is 9.53 Å². The molecule has 0 aromatic heterocycles. The highest BCUT2D eigenvalue weighted by atomic mass is 35.5. The second-order valence-corrected chi connectivity index (χ2v) is 8.62. The number of carbonyl (C=O) groups is 1. The Balaban J connectivity index is 2.48. The molecule has 0 saturated carbocycles. The second kappa shape index (κ2) is 9.41. The molecule has 0 amide bonds. The fraction of sp³-hybridized carbons (Fsp3) is 0.444. The Morgan fingerprint density at radius 2 is 2.17 bits per heavy atom. The smallest absolute Gasteiger partial charge is 0.348 e. The van der Waals surface area contributed by atoms with Crippen molar-refractivity contribution in [1.29, 1.82) is 5.26 Å². The maximum Gasteiger partial charge on any atom is 0.348 e. The van der Waals surface area contributed by atoms with Gasteiger partial charge in [-0.1, -0.05) is 23.7 Å². The first kappa shape index (κ1) is 19.2. The van der Waals surface area contributed by atoms with Gasteiger partial charge in [0.15, 0.2) is 0 Å². The highest BCUT2D eigenvalue weighted by Gasteiger charge is 2.31. The van der Waals surface area contributed by atoms with Gasteiger partial charge in [-0.2, -0.15) is 5.26 Å². The van der Waals surface area contributed by atoms with Crippen LogP contribution in [-0.4, -0.2) is 28.7 Å². The number of nitriles is 1. The average molecular weight is 382 g/mol. The molecule has 0 N–H and O–H groups in total.